The Morgan fingerprint density at radius 1 is 0.714 bits per heavy atom. The lowest BCUT2D eigenvalue weighted by atomic mass is 10.1. The van der Waals surface area contributed by atoms with E-state index in [1.807, 2.05) is 30.3 Å². The standard InChI is InChI=1S/C28H21F3N2O2/c29-21-9-12-23(13-10-21)32-27(34)16-20-7-4-8-24(15-20)33(18-19-5-2-1-3-6-19)28(35)25-14-11-22(30)17-26(25)31/h1-15,17H,16,18H2,(H,32,34). The van der Waals surface area contributed by atoms with Gasteiger partial charge in [0.25, 0.3) is 5.91 Å². The van der Waals surface area contributed by atoms with E-state index >= 15 is 0 Å². The van der Waals surface area contributed by atoms with Crippen LogP contribution in [0.15, 0.2) is 97.1 Å². The molecule has 176 valence electrons. The minimum atomic E-state index is -0.956. The molecular weight excluding hydrogens is 453 g/mol. The number of amides is 2. The van der Waals surface area contributed by atoms with E-state index in [1.165, 1.54) is 29.2 Å². The van der Waals surface area contributed by atoms with Gasteiger partial charge in [0.05, 0.1) is 18.5 Å². The zero-order chi connectivity index (χ0) is 24.8. The molecule has 0 unspecified atom stereocenters. The Balaban J connectivity index is 1.60. The van der Waals surface area contributed by atoms with Crippen LogP contribution in [0.2, 0.25) is 0 Å². The van der Waals surface area contributed by atoms with Gasteiger partial charge < -0.3 is 10.2 Å². The van der Waals surface area contributed by atoms with E-state index in [0.717, 1.165) is 17.7 Å². The van der Waals surface area contributed by atoms with Crippen LogP contribution in [-0.2, 0) is 17.8 Å². The first-order valence-corrected chi connectivity index (χ1v) is 10.8. The fourth-order valence-electron chi connectivity index (χ4n) is 3.61. The lowest BCUT2D eigenvalue weighted by Crippen LogP contribution is -2.31. The van der Waals surface area contributed by atoms with E-state index in [4.69, 9.17) is 0 Å². The Hall–Kier alpha value is -4.39. The molecule has 0 aromatic heterocycles. The molecule has 7 heteroatoms. The average molecular weight is 474 g/mol. The fourth-order valence-corrected chi connectivity index (χ4v) is 3.61. The third-order valence-corrected chi connectivity index (χ3v) is 5.31. The lowest BCUT2D eigenvalue weighted by molar-refractivity contribution is -0.115. The van der Waals surface area contributed by atoms with Gasteiger partial charge >= 0.3 is 0 Å². The minimum Gasteiger partial charge on any atom is -0.326 e. The summed E-state index contributed by atoms with van der Waals surface area (Å²) in [5.74, 6) is -3.10. The SMILES string of the molecule is O=C(Cc1cccc(N(Cc2ccccc2)C(=O)c2ccc(F)cc2F)c1)Nc1ccc(F)cc1. The van der Waals surface area contributed by atoms with Crippen molar-refractivity contribution < 1.29 is 22.8 Å². The fraction of sp³-hybridized carbons (Fsp3) is 0.0714. The molecular formula is C28H21F3N2O2. The highest BCUT2D eigenvalue weighted by Gasteiger charge is 2.22. The number of benzene rings is 4. The van der Waals surface area contributed by atoms with Crippen molar-refractivity contribution in [3.05, 3.63) is 131 Å². The maximum absolute atomic E-state index is 14.4. The van der Waals surface area contributed by atoms with Gasteiger partial charge in [-0.1, -0.05) is 42.5 Å². The molecule has 0 bridgehead atoms. The summed E-state index contributed by atoms with van der Waals surface area (Å²) in [6, 6.07) is 24.2. The molecule has 0 radical (unpaired) electrons. The largest absolute Gasteiger partial charge is 0.326 e. The second-order valence-corrected chi connectivity index (χ2v) is 7.90. The van der Waals surface area contributed by atoms with E-state index in [9.17, 15) is 22.8 Å². The molecule has 0 aliphatic rings. The molecule has 0 atom stereocenters. The van der Waals surface area contributed by atoms with E-state index in [2.05, 4.69) is 5.32 Å². The summed E-state index contributed by atoms with van der Waals surface area (Å²) < 4.78 is 40.9. The summed E-state index contributed by atoms with van der Waals surface area (Å²) in [5.41, 5.74) is 2.08. The van der Waals surface area contributed by atoms with Gasteiger partial charge in [-0.2, -0.15) is 0 Å². The number of nitrogens with zero attached hydrogens (tertiary/aromatic N) is 1. The number of hydrogen-bond acceptors (Lipinski definition) is 2. The van der Waals surface area contributed by atoms with Gasteiger partial charge in [0, 0.05) is 17.4 Å². The number of carbonyl (C=O) groups is 2. The van der Waals surface area contributed by atoms with Crippen molar-refractivity contribution in [1.29, 1.82) is 0 Å². The first kappa shape index (κ1) is 23.8. The maximum atomic E-state index is 14.4. The minimum absolute atomic E-state index is 0.00347. The maximum Gasteiger partial charge on any atom is 0.261 e. The number of carbonyl (C=O) groups excluding carboxylic acids is 2. The van der Waals surface area contributed by atoms with Crippen LogP contribution in [0.25, 0.3) is 0 Å². The predicted octanol–water partition coefficient (Wildman–Crippen LogP) is 6.13. The van der Waals surface area contributed by atoms with Crippen molar-refractivity contribution in [2.45, 2.75) is 13.0 Å². The summed E-state index contributed by atoms with van der Waals surface area (Å²) in [6.07, 6.45) is 0.00347. The lowest BCUT2D eigenvalue weighted by Gasteiger charge is -2.24. The molecule has 4 aromatic carbocycles. The normalized spacial score (nSPS) is 10.6. The first-order valence-electron chi connectivity index (χ1n) is 10.8. The summed E-state index contributed by atoms with van der Waals surface area (Å²) in [6.45, 7) is 0.141. The molecule has 0 aliphatic heterocycles. The van der Waals surface area contributed by atoms with Crippen molar-refractivity contribution in [3.63, 3.8) is 0 Å². The van der Waals surface area contributed by atoms with Crippen LogP contribution < -0.4 is 10.2 Å². The number of nitrogens with one attached hydrogen (secondary N) is 1. The highest BCUT2D eigenvalue weighted by molar-refractivity contribution is 6.06. The number of halogens is 3. The molecule has 0 saturated heterocycles. The molecule has 0 fully saturated rings. The first-order chi connectivity index (χ1) is 16.9. The monoisotopic (exact) mass is 474 g/mol. The third kappa shape index (κ3) is 6.14. The molecule has 0 spiro atoms. The molecule has 2 amide bonds. The van der Waals surface area contributed by atoms with Crippen molar-refractivity contribution >= 4 is 23.2 Å². The van der Waals surface area contributed by atoms with Crippen LogP contribution >= 0.6 is 0 Å². The number of hydrogen-bond donors (Lipinski definition) is 1. The predicted molar refractivity (Wildman–Crippen MR) is 128 cm³/mol. The van der Waals surface area contributed by atoms with Gasteiger partial charge in [0.2, 0.25) is 5.91 Å². The van der Waals surface area contributed by atoms with Crippen molar-refractivity contribution in [3.8, 4) is 0 Å². The van der Waals surface area contributed by atoms with Gasteiger partial charge in [-0.05, 0) is 59.7 Å². The molecule has 35 heavy (non-hydrogen) atoms. The molecule has 0 aliphatic carbocycles. The zero-order valence-corrected chi connectivity index (χ0v) is 18.5. The van der Waals surface area contributed by atoms with E-state index < -0.39 is 23.4 Å². The van der Waals surface area contributed by atoms with E-state index in [1.54, 1.807) is 24.3 Å². The zero-order valence-electron chi connectivity index (χ0n) is 18.5. The van der Waals surface area contributed by atoms with Gasteiger partial charge in [0.15, 0.2) is 0 Å². The Morgan fingerprint density at radius 3 is 2.11 bits per heavy atom. The molecule has 4 rings (SSSR count). The quantitative estimate of drug-likeness (QED) is 0.350. The smallest absolute Gasteiger partial charge is 0.261 e. The van der Waals surface area contributed by atoms with Gasteiger partial charge in [-0.15, -0.1) is 0 Å². The summed E-state index contributed by atoms with van der Waals surface area (Å²) >= 11 is 0. The second-order valence-electron chi connectivity index (χ2n) is 7.90. The average Bonchev–Trinajstić information content (AvgIpc) is 2.84. The third-order valence-electron chi connectivity index (χ3n) is 5.31. The van der Waals surface area contributed by atoms with Crippen LogP contribution in [0.4, 0.5) is 24.5 Å². The van der Waals surface area contributed by atoms with Gasteiger partial charge in [-0.3, -0.25) is 9.59 Å². The Bertz CT molecular complexity index is 1340. The van der Waals surface area contributed by atoms with Crippen LogP contribution in [-0.4, -0.2) is 11.8 Å². The molecule has 0 saturated carbocycles. The number of anilines is 2. The molecule has 4 aromatic rings. The summed E-state index contributed by atoms with van der Waals surface area (Å²) in [5, 5.41) is 2.70. The highest BCUT2D eigenvalue weighted by atomic mass is 19.1. The number of rotatable bonds is 7. The van der Waals surface area contributed by atoms with Crippen molar-refractivity contribution in [1.82, 2.24) is 0 Å². The van der Waals surface area contributed by atoms with Crippen LogP contribution in [0.3, 0.4) is 0 Å². The molecule has 0 heterocycles. The van der Waals surface area contributed by atoms with Gasteiger partial charge in [-0.25, -0.2) is 13.2 Å². The Morgan fingerprint density at radius 2 is 1.40 bits per heavy atom. The van der Waals surface area contributed by atoms with Gasteiger partial charge in [0.1, 0.15) is 17.5 Å². The van der Waals surface area contributed by atoms with Crippen molar-refractivity contribution in [2.24, 2.45) is 0 Å². The topological polar surface area (TPSA) is 49.4 Å². The molecule has 4 nitrogen and oxygen atoms in total. The summed E-state index contributed by atoms with van der Waals surface area (Å²) in [4.78, 5) is 27.2. The van der Waals surface area contributed by atoms with Crippen LogP contribution in [0.5, 0.6) is 0 Å². The Labute approximate surface area is 200 Å². The highest BCUT2D eigenvalue weighted by Crippen LogP contribution is 2.24. The Kier molecular flexibility index (Phi) is 7.26. The van der Waals surface area contributed by atoms with Crippen molar-refractivity contribution in [2.75, 3.05) is 10.2 Å². The van der Waals surface area contributed by atoms with Crippen LogP contribution in [0, 0.1) is 17.5 Å². The van der Waals surface area contributed by atoms with Crippen LogP contribution in [0.1, 0.15) is 21.5 Å². The van der Waals surface area contributed by atoms with E-state index in [0.29, 0.717) is 23.0 Å². The second kappa shape index (κ2) is 10.7. The van der Waals surface area contributed by atoms with E-state index in [-0.39, 0.29) is 24.4 Å². The molecule has 1 N–H and O–H groups in total. The summed E-state index contributed by atoms with van der Waals surface area (Å²) in [7, 11) is 0.